The van der Waals surface area contributed by atoms with E-state index in [-0.39, 0.29) is 17.4 Å². The fraction of sp³-hybridized carbons (Fsp3) is 0.409. The van der Waals surface area contributed by atoms with Crippen molar-refractivity contribution in [1.82, 2.24) is 4.72 Å². The standard InChI is InChI=1S/C22H29BrN2O4S/c1-5-10-24-30(27,28)19-8-9-20(15(4)11-19)29-14-21(26)25-22-16(6-2)12-18(23)13-17(22)7-3/h8-9,11-13,24H,5-7,10,14H2,1-4H3,(H,25,26). The molecule has 0 saturated carbocycles. The van der Waals surface area contributed by atoms with Gasteiger partial charge in [0.25, 0.3) is 5.91 Å². The first-order chi connectivity index (χ1) is 14.2. The summed E-state index contributed by atoms with van der Waals surface area (Å²) in [5, 5.41) is 2.97. The number of amides is 1. The van der Waals surface area contributed by atoms with E-state index in [2.05, 4.69) is 26.0 Å². The van der Waals surface area contributed by atoms with Crippen molar-refractivity contribution in [3.63, 3.8) is 0 Å². The Bertz CT molecular complexity index is 981. The number of carbonyl (C=O) groups excluding carboxylic acids is 1. The van der Waals surface area contributed by atoms with Crippen molar-refractivity contribution < 1.29 is 17.9 Å². The fourth-order valence-corrected chi connectivity index (χ4v) is 4.80. The van der Waals surface area contributed by atoms with Crippen LogP contribution in [0.15, 0.2) is 39.7 Å². The van der Waals surface area contributed by atoms with E-state index in [4.69, 9.17) is 4.74 Å². The van der Waals surface area contributed by atoms with Crippen LogP contribution in [0.3, 0.4) is 0 Å². The smallest absolute Gasteiger partial charge is 0.262 e. The van der Waals surface area contributed by atoms with Gasteiger partial charge in [0.2, 0.25) is 10.0 Å². The third kappa shape index (κ3) is 6.30. The third-order valence-corrected chi connectivity index (χ3v) is 6.57. The van der Waals surface area contributed by atoms with Crippen LogP contribution in [0.5, 0.6) is 5.75 Å². The number of halogens is 1. The molecule has 0 bridgehead atoms. The van der Waals surface area contributed by atoms with Crippen molar-refractivity contribution in [2.45, 2.75) is 51.9 Å². The highest BCUT2D eigenvalue weighted by molar-refractivity contribution is 9.10. The number of benzene rings is 2. The molecule has 6 nitrogen and oxygen atoms in total. The minimum Gasteiger partial charge on any atom is -0.483 e. The monoisotopic (exact) mass is 496 g/mol. The second kappa shape index (κ2) is 10.9. The predicted octanol–water partition coefficient (Wildman–Crippen LogP) is 4.59. The highest BCUT2D eigenvalue weighted by Gasteiger charge is 2.16. The van der Waals surface area contributed by atoms with Crippen LogP contribution in [0.4, 0.5) is 5.69 Å². The molecule has 1 amide bonds. The average Bonchev–Trinajstić information content (AvgIpc) is 2.72. The normalized spacial score (nSPS) is 11.4. The van der Waals surface area contributed by atoms with Gasteiger partial charge in [-0.3, -0.25) is 4.79 Å². The second-order valence-electron chi connectivity index (χ2n) is 6.97. The van der Waals surface area contributed by atoms with E-state index >= 15 is 0 Å². The van der Waals surface area contributed by atoms with E-state index < -0.39 is 10.0 Å². The highest BCUT2D eigenvalue weighted by Crippen LogP contribution is 2.28. The summed E-state index contributed by atoms with van der Waals surface area (Å²) in [5.74, 6) is 0.212. The molecule has 2 rings (SSSR count). The lowest BCUT2D eigenvalue weighted by Crippen LogP contribution is -2.24. The molecule has 0 aliphatic carbocycles. The number of rotatable bonds is 10. The van der Waals surface area contributed by atoms with E-state index in [0.717, 1.165) is 34.1 Å². The van der Waals surface area contributed by atoms with Crippen molar-refractivity contribution >= 4 is 37.5 Å². The van der Waals surface area contributed by atoms with Gasteiger partial charge < -0.3 is 10.1 Å². The molecule has 30 heavy (non-hydrogen) atoms. The summed E-state index contributed by atoms with van der Waals surface area (Å²) in [4.78, 5) is 12.7. The number of hydrogen-bond donors (Lipinski definition) is 2. The number of carbonyl (C=O) groups is 1. The van der Waals surface area contributed by atoms with E-state index in [9.17, 15) is 13.2 Å². The van der Waals surface area contributed by atoms with Gasteiger partial charge in [0, 0.05) is 16.7 Å². The zero-order chi connectivity index (χ0) is 22.3. The number of ether oxygens (including phenoxy) is 1. The molecule has 2 N–H and O–H groups in total. The predicted molar refractivity (Wildman–Crippen MR) is 124 cm³/mol. The molecular weight excluding hydrogens is 468 g/mol. The number of aryl methyl sites for hydroxylation is 3. The highest BCUT2D eigenvalue weighted by atomic mass is 79.9. The van der Waals surface area contributed by atoms with Crippen LogP contribution >= 0.6 is 15.9 Å². The maximum atomic E-state index is 12.5. The molecule has 0 fully saturated rings. The molecule has 2 aromatic carbocycles. The van der Waals surface area contributed by atoms with E-state index in [1.165, 1.54) is 6.07 Å². The van der Waals surface area contributed by atoms with E-state index in [0.29, 0.717) is 24.3 Å². The lowest BCUT2D eigenvalue weighted by Gasteiger charge is -2.16. The molecule has 0 atom stereocenters. The number of nitrogens with one attached hydrogen (secondary N) is 2. The maximum Gasteiger partial charge on any atom is 0.262 e. The van der Waals surface area contributed by atoms with Crippen molar-refractivity contribution in [1.29, 1.82) is 0 Å². The van der Waals surface area contributed by atoms with Crippen molar-refractivity contribution in [2.24, 2.45) is 0 Å². The quantitative estimate of drug-likeness (QED) is 0.503. The van der Waals surface area contributed by atoms with Crippen LogP contribution in [-0.2, 0) is 27.7 Å². The van der Waals surface area contributed by atoms with Crippen molar-refractivity contribution in [2.75, 3.05) is 18.5 Å². The van der Waals surface area contributed by atoms with Crippen LogP contribution < -0.4 is 14.8 Å². The first-order valence-corrected chi connectivity index (χ1v) is 12.3. The molecule has 8 heteroatoms. The Hall–Kier alpha value is -1.90. The van der Waals surface area contributed by atoms with Gasteiger partial charge in [-0.15, -0.1) is 0 Å². The molecule has 0 unspecified atom stereocenters. The summed E-state index contributed by atoms with van der Waals surface area (Å²) in [6.45, 7) is 7.96. The van der Waals surface area contributed by atoms with Crippen LogP contribution in [0, 0.1) is 6.92 Å². The van der Waals surface area contributed by atoms with Crippen LogP contribution in [0.1, 0.15) is 43.9 Å². The van der Waals surface area contributed by atoms with Gasteiger partial charge >= 0.3 is 0 Å². The van der Waals surface area contributed by atoms with Crippen LogP contribution in [0.25, 0.3) is 0 Å². The first-order valence-electron chi connectivity index (χ1n) is 10.1. The SMILES string of the molecule is CCCNS(=O)(=O)c1ccc(OCC(=O)Nc2c(CC)cc(Br)cc2CC)c(C)c1. The van der Waals surface area contributed by atoms with Gasteiger partial charge in [-0.25, -0.2) is 13.1 Å². The van der Waals surface area contributed by atoms with E-state index in [1.807, 2.05) is 32.9 Å². The summed E-state index contributed by atoms with van der Waals surface area (Å²) in [7, 11) is -3.54. The Morgan fingerprint density at radius 2 is 1.70 bits per heavy atom. The Balaban J connectivity index is 2.09. The zero-order valence-electron chi connectivity index (χ0n) is 17.8. The minimum atomic E-state index is -3.54. The molecule has 0 aliphatic rings. The summed E-state index contributed by atoms with van der Waals surface area (Å²) >= 11 is 3.51. The largest absolute Gasteiger partial charge is 0.483 e. The minimum absolute atomic E-state index is 0.163. The number of sulfonamides is 1. The Labute approximate surface area is 187 Å². The molecule has 0 heterocycles. The van der Waals surface area contributed by atoms with Gasteiger partial charge in [-0.05, 0) is 73.2 Å². The molecular formula is C22H29BrN2O4S. The fourth-order valence-electron chi connectivity index (χ4n) is 3.03. The molecule has 0 aliphatic heterocycles. The van der Waals surface area contributed by atoms with Gasteiger partial charge in [0.05, 0.1) is 4.90 Å². The topological polar surface area (TPSA) is 84.5 Å². The first kappa shape index (κ1) is 24.4. The summed E-state index contributed by atoms with van der Waals surface area (Å²) in [6.07, 6.45) is 2.31. The van der Waals surface area contributed by atoms with Gasteiger partial charge in [-0.2, -0.15) is 0 Å². The summed E-state index contributed by atoms with van der Waals surface area (Å²) in [5.41, 5.74) is 3.59. The molecule has 0 spiro atoms. The molecule has 0 saturated heterocycles. The molecule has 164 valence electrons. The average molecular weight is 497 g/mol. The van der Waals surface area contributed by atoms with Crippen molar-refractivity contribution in [3.05, 3.63) is 51.5 Å². The molecule has 0 radical (unpaired) electrons. The number of anilines is 1. The summed E-state index contributed by atoms with van der Waals surface area (Å²) in [6, 6.07) is 8.62. The Morgan fingerprint density at radius 3 is 2.23 bits per heavy atom. The van der Waals surface area contributed by atoms with Gasteiger partial charge in [-0.1, -0.05) is 36.7 Å². The number of hydrogen-bond acceptors (Lipinski definition) is 4. The zero-order valence-corrected chi connectivity index (χ0v) is 20.2. The van der Waals surface area contributed by atoms with Gasteiger partial charge in [0.15, 0.2) is 6.61 Å². The maximum absolute atomic E-state index is 12.5. The Morgan fingerprint density at radius 1 is 1.07 bits per heavy atom. The van der Waals surface area contributed by atoms with Crippen LogP contribution in [0.2, 0.25) is 0 Å². The molecule has 0 aromatic heterocycles. The lowest BCUT2D eigenvalue weighted by atomic mass is 10.0. The summed E-state index contributed by atoms with van der Waals surface area (Å²) < 4.78 is 33.7. The van der Waals surface area contributed by atoms with Crippen molar-refractivity contribution in [3.8, 4) is 5.75 Å². The second-order valence-corrected chi connectivity index (χ2v) is 9.65. The van der Waals surface area contributed by atoms with Crippen LogP contribution in [-0.4, -0.2) is 27.5 Å². The Kier molecular flexibility index (Phi) is 8.88. The van der Waals surface area contributed by atoms with Gasteiger partial charge in [0.1, 0.15) is 5.75 Å². The third-order valence-electron chi connectivity index (χ3n) is 4.65. The molecule has 2 aromatic rings. The van der Waals surface area contributed by atoms with E-state index in [1.54, 1.807) is 19.1 Å². The lowest BCUT2D eigenvalue weighted by molar-refractivity contribution is -0.118.